The average Bonchev–Trinajstić information content (AvgIpc) is 3.11. The second-order valence-electron chi connectivity index (χ2n) is 7.70. The highest BCUT2D eigenvalue weighted by Crippen LogP contribution is 2.40. The van der Waals surface area contributed by atoms with Crippen molar-refractivity contribution in [2.75, 3.05) is 18.9 Å². The molecule has 1 atom stereocenters. The van der Waals surface area contributed by atoms with Gasteiger partial charge in [-0.2, -0.15) is 0 Å². The van der Waals surface area contributed by atoms with Crippen LogP contribution in [0.3, 0.4) is 0 Å². The number of anilines is 1. The largest absolute Gasteiger partial charge is 0.489 e. The van der Waals surface area contributed by atoms with Crippen LogP contribution in [0.1, 0.15) is 38.1 Å². The Balaban J connectivity index is 1.30. The highest BCUT2D eigenvalue weighted by molar-refractivity contribution is 7.16. The van der Waals surface area contributed by atoms with Gasteiger partial charge in [0.15, 0.2) is 0 Å². The lowest BCUT2D eigenvalue weighted by molar-refractivity contribution is 0.0935. The van der Waals surface area contributed by atoms with E-state index in [4.69, 9.17) is 16.3 Å². The maximum Gasteiger partial charge on any atom is 0.256 e. The maximum absolute atomic E-state index is 12.8. The summed E-state index contributed by atoms with van der Waals surface area (Å²) in [6, 6.07) is 15.5. The van der Waals surface area contributed by atoms with Crippen molar-refractivity contribution in [3.63, 3.8) is 0 Å². The number of nitrogens with one attached hydrogen (secondary N) is 2. The van der Waals surface area contributed by atoms with Crippen LogP contribution in [0.5, 0.6) is 5.75 Å². The van der Waals surface area contributed by atoms with Crippen molar-refractivity contribution in [2.24, 2.45) is 0 Å². The van der Waals surface area contributed by atoms with E-state index in [1.807, 2.05) is 48.5 Å². The predicted octanol–water partition coefficient (Wildman–Crippen LogP) is 4.82. The molecule has 2 aliphatic heterocycles. The van der Waals surface area contributed by atoms with Crippen LogP contribution in [-0.2, 0) is 19.6 Å². The molecule has 0 spiro atoms. The molecule has 3 aromatic rings. The summed E-state index contributed by atoms with van der Waals surface area (Å²) >= 11 is 7.89. The molecule has 0 fully saturated rings. The lowest BCUT2D eigenvalue weighted by Crippen LogP contribution is -2.38. The summed E-state index contributed by atoms with van der Waals surface area (Å²) in [5, 5.41) is 8.29. The minimum atomic E-state index is -0.250. The van der Waals surface area contributed by atoms with Gasteiger partial charge in [0.05, 0.1) is 5.56 Å². The summed E-state index contributed by atoms with van der Waals surface area (Å²) in [6.45, 7) is 2.31. The zero-order valence-electron chi connectivity index (χ0n) is 16.6. The van der Waals surface area contributed by atoms with Crippen LogP contribution in [0.2, 0.25) is 5.02 Å². The predicted molar refractivity (Wildman–Crippen MR) is 120 cm³/mol. The van der Waals surface area contributed by atoms with Gasteiger partial charge in [-0.05, 0) is 42.8 Å². The molecule has 154 valence electrons. The number of ether oxygens (including phenoxy) is 1. The molecule has 1 amide bonds. The summed E-state index contributed by atoms with van der Waals surface area (Å²) < 4.78 is 5.86. The van der Waals surface area contributed by atoms with Crippen LogP contribution in [0.25, 0.3) is 0 Å². The van der Waals surface area contributed by atoms with E-state index in [1.54, 1.807) is 11.3 Å². The molecule has 2 aromatic carbocycles. The molecule has 7 heteroatoms. The highest BCUT2D eigenvalue weighted by Gasteiger charge is 2.32. The zero-order valence-corrected chi connectivity index (χ0v) is 18.1. The van der Waals surface area contributed by atoms with Crippen molar-refractivity contribution in [3.05, 3.63) is 80.7 Å². The van der Waals surface area contributed by atoms with Gasteiger partial charge in [0.2, 0.25) is 0 Å². The fraction of sp³-hybridized carbons (Fsp3) is 0.261. The molecule has 5 rings (SSSR count). The van der Waals surface area contributed by atoms with Crippen molar-refractivity contribution in [3.8, 4) is 5.75 Å². The number of thiophene rings is 1. The van der Waals surface area contributed by atoms with Gasteiger partial charge >= 0.3 is 0 Å². The normalized spacial score (nSPS) is 18.2. The molecule has 0 saturated carbocycles. The summed E-state index contributed by atoms with van der Waals surface area (Å²) in [7, 11) is 2.12. The van der Waals surface area contributed by atoms with E-state index in [2.05, 4.69) is 22.6 Å². The summed E-state index contributed by atoms with van der Waals surface area (Å²) in [6.07, 6.45) is 0.676. The first-order valence-corrected chi connectivity index (χ1v) is 11.1. The van der Waals surface area contributed by atoms with E-state index in [0.717, 1.165) is 47.0 Å². The Labute approximate surface area is 184 Å². The van der Waals surface area contributed by atoms with Crippen LogP contribution in [0.4, 0.5) is 5.00 Å². The molecule has 0 bridgehead atoms. The molecule has 0 saturated heterocycles. The number of benzene rings is 2. The van der Waals surface area contributed by atoms with Gasteiger partial charge in [-0.15, -0.1) is 11.3 Å². The Bertz CT molecular complexity index is 1100. The molecular weight excluding hydrogens is 418 g/mol. The Hall–Kier alpha value is -2.54. The van der Waals surface area contributed by atoms with Gasteiger partial charge in [-0.25, -0.2) is 0 Å². The highest BCUT2D eigenvalue weighted by atomic mass is 35.5. The third kappa shape index (κ3) is 3.67. The van der Waals surface area contributed by atoms with E-state index < -0.39 is 0 Å². The first-order chi connectivity index (χ1) is 14.6. The Kier molecular flexibility index (Phi) is 5.15. The standard InChI is InChI=1S/C23H22ClN3O2S/c1-27-11-10-17-19(12-27)30-23-20(17)22(28)25-21(26-23)14-6-8-16(9-7-14)29-13-15-4-2-3-5-18(15)24/h2-9,21,26H,10-13H2,1H3,(H,25,28)/t21-/m1/s1. The Morgan fingerprint density at radius 2 is 1.97 bits per heavy atom. The van der Waals surface area contributed by atoms with E-state index in [9.17, 15) is 4.79 Å². The first-order valence-electron chi connectivity index (χ1n) is 9.95. The van der Waals surface area contributed by atoms with E-state index in [-0.39, 0.29) is 12.1 Å². The molecule has 1 aromatic heterocycles. The minimum absolute atomic E-state index is 0.00912. The van der Waals surface area contributed by atoms with Gasteiger partial charge in [0, 0.05) is 28.6 Å². The molecule has 3 heterocycles. The third-order valence-electron chi connectivity index (χ3n) is 5.59. The number of carbonyl (C=O) groups excluding carboxylic acids is 1. The summed E-state index contributed by atoms with van der Waals surface area (Å²) in [5.74, 6) is 0.769. The Morgan fingerprint density at radius 3 is 2.77 bits per heavy atom. The van der Waals surface area contributed by atoms with Crippen molar-refractivity contribution >= 4 is 33.8 Å². The number of carbonyl (C=O) groups is 1. The third-order valence-corrected chi connectivity index (χ3v) is 7.11. The van der Waals surface area contributed by atoms with Crippen LogP contribution in [0.15, 0.2) is 48.5 Å². The topological polar surface area (TPSA) is 53.6 Å². The Morgan fingerprint density at radius 1 is 1.17 bits per heavy atom. The van der Waals surface area contributed by atoms with Crippen molar-refractivity contribution in [2.45, 2.75) is 25.7 Å². The zero-order chi connectivity index (χ0) is 20.7. The van der Waals surface area contributed by atoms with Gasteiger partial charge in [0.1, 0.15) is 23.5 Å². The number of rotatable bonds is 4. The SMILES string of the molecule is CN1CCc2c(sc3c2C(=O)N[C@@H](c2ccc(OCc4ccccc4Cl)cc2)N3)C1. The number of hydrogen-bond acceptors (Lipinski definition) is 5. The molecule has 5 nitrogen and oxygen atoms in total. The number of halogens is 1. The van der Waals surface area contributed by atoms with Gasteiger partial charge in [-0.3, -0.25) is 4.79 Å². The smallest absolute Gasteiger partial charge is 0.256 e. The van der Waals surface area contributed by atoms with Gasteiger partial charge < -0.3 is 20.3 Å². The van der Waals surface area contributed by atoms with Crippen molar-refractivity contribution in [1.29, 1.82) is 0 Å². The van der Waals surface area contributed by atoms with Crippen molar-refractivity contribution in [1.82, 2.24) is 10.2 Å². The van der Waals surface area contributed by atoms with Crippen LogP contribution in [-0.4, -0.2) is 24.4 Å². The lowest BCUT2D eigenvalue weighted by Gasteiger charge is -2.27. The van der Waals surface area contributed by atoms with E-state index in [1.165, 1.54) is 10.4 Å². The second-order valence-corrected chi connectivity index (χ2v) is 9.21. The van der Waals surface area contributed by atoms with Crippen LogP contribution >= 0.6 is 22.9 Å². The molecule has 2 N–H and O–H groups in total. The van der Waals surface area contributed by atoms with Gasteiger partial charge in [-0.1, -0.05) is 41.9 Å². The second kappa shape index (κ2) is 7.95. The molecule has 0 radical (unpaired) electrons. The molecule has 0 unspecified atom stereocenters. The number of nitrogens with zero attached hydrogens (tertiary/aromatic N) is 1. The molecule has 2 aliphatic rings. The summed E-state index contributed by atoms with van der Waals surface area (Å²) in [4.78, 5) is 16.4. The number of amides is 1. The number of likely N-dealkylation sites (N-methyl/N-ethyl adjacent to an activating group) is 1. The van der Waals surface area contributed by atoms with Crippen LogP contribution < -0.4 is 15.4 Å². The molecular formula is C23H22ClN3O2S. The average molecular weight is 440 g/mol. The van der Waals surface area contributed by atoms with E-state index in [0.29, 0.717) is 11.6 Å². The fourth-order valence-corrected chi connectivity index (χ4v) is 5.49. The maximum atomic E-state index is 12.8. The summed E-state index contributed by atoms with van der Waals surface area (Å²) in [5.41, 5.74) is 3.98. The molecule has 30 heavy (non-hydrogen) atoms. The monoisotopic (exact) mass is 439 g/mol. The number of hydrogen-bond donors (Lipinski definition) is 2. The fourth-order valence-electron chi connectivity index (χ4n) is 3.94. The van der Waals surface area contributed by atoms with Gasteiger partial charge in [0.25, 0.3) is 5.91 Å². The van der Waals surface area contributed by atoms with Crippen molar-refractivity contribution < 1.29 is 9.53 Å². The minimum Gasteiger partial charge on any atom is -0.489 e. The number of fused-ring (bicyclic) bond motifs is 3. The first kappa shape index (κ1) is 19.4. The lowest BCUT2D eigenvalue weighted by atomic mass is 10.0. The van der Waals surface area contributed by atoms with E-state index >= 15 is 0 Å². The van der Waals surface area contributed by atoms with Crippen LogP contribution in [0, 0.1) is 0 Å². The molecule has 0 aliphatic carbocycles. The quantitative estimate of drug-likeness (QED) is 0.611.